The van der Waals surface area contributed by atoms with E-state index in [4.69, 9.17) is 4.74 Å². The lowest BCUT2D eigenvalue weighted by Crippen LogP contribution is -2.52. The number of carbonyl (C=O) groups excluding carboxylic acids is 2. The molecule has 1 aromatic rings. The Balaban J connectivity index is 1.72. The number of benzene rings is 1. The first-order chi connectivity index (χ1) is 11.6. The highest BCUT2D eigenvalue weighted by molar-refractivity contribution is 5.80. The number of methoxy groups -OCH3 is 1. The maximum Gasteiger partial charge on any atom is 0.236 e. The van der Waals surface area contributed by atoms with Gasteiger partial charge in [0.15, 0.2) is 0 Å². The summed E-state index contributed by atoms with van der Waals surface area (Å²) >= 11 is 0. The maximum atomic E-state index is 12.4. The molecule has 1 aliphatic heterocycles. The van der Waals surface area contributed by atoms with Crippen molar-refractivity contribution in [2.45, 2.75) is 13.3 Å². The maximum absolute atomic E-state index is 12.4. The zero-order valence-electron chi connectivity index (χ0n) is 14.6. The van der Waals surface area contributed by atoms with Crippen molar-refractivity contribution in [2.75, 3.05) is 53.0 Å². The number of aryl methyl sites for hydroxylation is 1. The molecule has 2 rings (SSSR count). The Morgan fingerprint density at radius 1 is 1.04 bits per heavy atom. The van der Waals surface area contributed by atoms with Crippen LogP contribution in [0.4, 0.5) is 0 Å². The topological polar surface area (TPSA) is 61.9 Å². The molecule has 0 saturated carbocycles. The van der Waals surface area contributed by atoms with E-state index in [-0.39, 0.29) is 11.8 Å². The Hall–Kier alpha value is -1.92. The molecule has 0 unspecified atom stereocenters. The lowest BCUT2D eigenvalue weighted by Gasteiger charge is -2.35. The second-order valence-electron chi connectivity index (χ2n) is 6.09. The molecule has 6 nitrogen and oxygen atoms in total. The highest BCUT2D eigenvalue weighted by atomic mass is 16.5. The number of piperazine rings is 1. The van der Waals surface area contributed by atoms with Crippen molar-refractivity contribution >= 4 is 11.8 Å². The molecular formula is C18H27N3O3. The van der Waals surface area contributed by atoms with Crippen LogP contribution < -0.4 is 5.32 Å². The fraction of sp³-hybridized carbons (Fsp3) is 0.556. The molecular weight excluding hydrogens is 306 g/mol. The molecule has 1 aromatic carbocycles. The number of hydrogen-bond donors (Lipinski definition) is 1. The monoisotopic (exact) mass is 333 g/mol. The minimum atomic E-state index is 0.0803. The van der Waals surface area contributed by atoms with E-state index in [9.17, 15) is 9.59 Å². The molecule has 2 amide bonds. The summed E-state index contributed by atoms with van der Waals surface area (Å²) in [6, 6.07) is 8.04. The van der Waals surface area contributed by atoms with Crippen LogP contribution in [0.3, 0.4) is 0 Å². The highest BCUT2D eigenvalue weighted by Crippen LogP contribution is 2.08. The second-order valence-corrected chi connectivity index (χ2v) is 6.09. The first-order valence-electron chi connectivity index (χ1n) is 8.41. The van der Waals surface area contributed by atoms with Crippen LogP contribution in [0.15, 0.2) is 24.3 Å². The largest absolute Gasteiger partial charge is 0.383 e. The smallest absolute Gasteiger partial charge is 0.236 e. The minimum absolute atomic E-state index is 0.0803. The summed E-state index contributed by atoms with van der Waals surface area (Å²) in [5, 5.41) is 3.06. The fourth-order valence-corrected chi connectivity index (χ4v) is 2.68. The molecule has 0 atom stereocenters. The molecule has 0 aromatic heterocycles. The molecule has 132 valence electrons. The Morgan fingerprint density at radius 3 is 2.21 bits per heavy atom. The number of rotatable bonds is 7. The predicted octanol–water partition coefficient (Wildman–Crippen LogP) is 0.444. The van der Waals surface area contributed by atoms with Crippen molar-refractivity contribution in [3.05, 3.63) is 35.4 Å². The van der Waals surface area contributed by atoms with Gasteiger partial charge in [0.05, 0.1) is 19.6 Å². The number of nitrogens with zero attached hydrogens (tertiary/aromatic N) is 2. The number of hydrogen-bond acceptors (Lipinski definition) is 4. The van der Waals surface area contributed by atoms with Crippen LogP contribution in [-0.2, 0) is 20.7 Å². The van der Waals surface area contributed by atoms with E-state index in [1.165, 1.54) is 5.56 Å². The Labute approximate surface area is 143 Å². The summed E-state index contributed by atoms with van der Waals surface area (Å²) in [7, 11) is 1.64. The van der Waals surface area contributed by atoms with Crippen molar-refractivity contribution in [1.29, 1.82) is 0 Å². The van der Waals surface area contributed by atoms with Crippen LogP contribution in [0.25, 0.3) is 0 Å². The summed E-state index contributed by atoms with van der Waals surface area (Å²) in [5.41, 5.74) is 2.23. The molecule has 0 aliphatic carbocycles. The Bertz CT molecular complexity index is 537. The summed E-state index contributed by atoms with van der Waals surface area (Å²) < 4.78 is 4.93. The van der Waals surface area contributed by atoms with Gasteiger partial charge >= 0.3 is 0 Å². The predicted molar refractivity (Wildman–Crippen MR) is 92.8 cm³/mol. The first-order valence-corrected chi connectivity index (χ1v) is 8.41. The van der Waals surface area contributed by atoms with Crippen molar-refractivity contribution in [3.63, 3.8) is 0 Å². The number of nitrogens with one attached hydrogen (secondary N) is 1. The molecule has 0 radical (unpaired) electrons. The SMILES string of the molecule is COCCNCC(=O)N1CCN(C(=O)Cc2ccc(C)cc2)CC1. The molecule has 1 N–H and O–H groups in total. The molecule has 1 heterocycles. The molecule has 24 heavy (non-hydrogen) atoms. The van der Waals surface area contributed by atoms with Gasteiger partial charge in [-0.1, -0.05) is 29.8 Å². The number of amides is 2. The van der Waals surface area contributed by atoms with Gasteiger partial charge in [0.25, 0.3) is 0 Å². The van der Waals surface area contributed by atoms with Crippen LogP contribution in [0, 0.1) is 6.92 Å². The third-order valence-corrected chi connectivity index (χ3v) is 4.22. The third kappa shape index (κ3) is 5.62. The molecule has 0 spiro atoms. The van der Waals surface area contributed by atoms with E-state index < -0.39 is 0 Å². The molecule has 0 bridgehead atoms. The van der Waals surface area contributed by atoms with E-state index in [1.54, 1.807) is 7.11 Å². The van der Waals surface area contributed by atoms with Crippen LogP contribution >= 0.6 is 0 Å². The minimum Gasteiger partial charge on any atom is -0.383 e. The highest BCUT2D eigenvalue weighted by Gasteiger charge is 2.23. The lowest BCUT2D eigenvalue weighted by molar-refractivity contribution is -0.138. The van der Waals surface area contributed by atoms with Gasteiger partial charge in [-0.2, -0.15) is 0 Å². The van der Waals surface area contributed by atoms with E-state index in [2.05, 4.69) is 5.32 Å². The van der Waals surface area contributed by atoms with Gasteiger partial charge < -0.3 is 19.9 Å². The molecule has 1 saturated heterocycles. The molecule has 1 fully saturated rings. The Kier molecular flexibility index (Phi) is 7.21. The van der Waals surface area contributed by atoms with Gasteiger partial charge in [-0.15, -0.1) is 0 Å². The summed E-state index contributed by atoms with van der Waals surface area (Å²) in [6.07, 6.45) is 0.423. The van der Waals surface area contributed by atoms with Crippen LogP contribution in [0.5, 0.6) is 0 Å². The van der Waals surface area contributed by atoms with Crippen molar-refractivity contribution in [1.82, 2.24) is 15.1 Å². The second kappa shape index (κ2) is 9.39. The van der Waals surface area contributed by atoms with E-state index >= 15 is 0 Å². The van der Waals surface area contributed by atoms with Gasteiger partial charge in [-0.25, -0.2) is 0 Å². The summed E-state index contributed by atoms with van der Waals surface area (Å²) in [5.74, 6) is 0.209. The average molecular weight is 333 g/mol. The first kappa shape index (κ1) is 18.4. The number of carbonyl (C=O) groups is 2. The standard InChI is InChI=1S/C18H27N3O3/c1-15-3-5-16(6-4-15)13-17(22)20-8-10-21(11-9-20)18(23)14-19-7-12-24-2/h3-6,19H,7-14H2,1-2H3. The van der Waals surface area contributed by atoms with Crippen molar-refractivity contribution in [2.24, 2.45) is 0 Å². The summed E-state index contributed by atoms with van der Waals surface area (Å²) in [4.78, 5) is 28.1. The quantitative estimate of drug-likeness (QED) is 0.736. The third-order valence-electron chi connectivity index (χ3n) is 4.22. The number of ether oxygens (including phenoxy) is 1. The van der Waals surface area contributed by atoms with Gasteiger partial charge in [0, 0.05) is 39.8 Å². The van der Waals surface area contributed by atoms with E-state index in [0.29, 0.717) is 52.3 Å². The van der Waals surface area contributed by atoms with Gasteiger partial charge in [0.1, 0.15) is 0 Å². The fourth-order valence-electron chi connectivity index (χ4n) is 2.68. The average Bonchev–Trinajstić information content (AvgIpc) is 2.60. The van der Waals surface area contributed by atoms with Gasteiger partial charge in [-0.3, -0.25) is 9.59 Å². The zero-order valence-corrected chi connectivity index (χ0v) is 14.6. The lowest BCUT2D eigenvalue weighted by atomic mass is 10.1. The van der Waals surface area contributed by atoms with Crippen LogP contribution in [-0.4, -0.2) is 74.6 Å². The normalized spacial score (nSPS) is 14.8. The van der Waals surface area contributed by atoms with E-state index in [0.717, 1.165) is 5.56 Å². The summed E-state index contributed by atoms with van der Waals surface area (Å²) in [6.45, 7) is 6.02. The Morgan fingerprint density at radius 2 is 1.62 bits per heavy atom. The zero-order chi connectivity index (χ0) is 17.4. The van der Waals surface area contributed by atoms with Crippen LogP contribution in [0.1, 0.15) is 11.1 Å². The van der Waals surface area contributed by atoms with Crippen LogP contribution in [0.2, 0.25) is 0 Å². The van der Waals surface area contributed by atoms with E-state index in [1.807, 2.05) is 41.0 Å². The molecule has 6 heteroatoms. The van der Waals surface area contributed by atoms with Crippen molar-refractivity contribution < 1.29 is 14.3 Å². The van der Waals surface area contributed by atoms with Gasteiger partial charge in [0.2, 0.25) is 11.8 Å². The molecule has 1 aliphatic rings. The van der Waals surface area contributed by atoms with Gasteiger partial charge in [-0.05, 0) is 12.5 Å². The van der Waals surface area contributed by atoms with Crippen molar-refractivity contribution in [3.8, 4) is 0 Å².